The minimum Gasteiger partial charge on any atom is -0.396 e. The fourth-order valence-electron chi connectivity index (χ4n) is 2.60. The first kappa shape index (κ1) is 11.5. The molecule has 1 aliphatic carbocycles. The van der Waals surface area contributed by atoms with Crippen LogP contribution in [0.3, 0.4) is 0 Å². The van der Waals surface area contributed by atoms with E-state index in [4.69, 9.17) is 0 Å². The van der Waals surface area contributed by atoms with Gasteiger partial charge < -0.3 is 5.11 Å². The van der Waals surface area contributed by atoms with Crippen LogP contribution in [0.1, 0.15) is 31.2 Å². The zero-order valence-electron chi connectivity index (χ0n) is 9.18. The van der Waals surface area contributed by atoms with Gasteiger partial charge in [-0.15, -0.1) is 0 Å². The molecule has 0 aromatic heterocycles. The maximum absolute atomic E-state index is 13.5. The summed E-state index contributed by atoms with van der Waals surface area (Å²) in [6, 6.07) is 4.25. The van der Waals surface area contributed by atoms with E-state index in [-0.39, 0.29) is 12.0 Å². The van der Waals surface area contributed by atoms with Gasteiger partial charge in [-0.05, 0) is 36.3 Å². The number of aliphatic hydroxyl groups is 1. The van der Waals surface area contributed by atoms with Crippen LogP contribution in [0.2, 0.25) is 0 Å². The lowest BCUT2D eigenvalue weighted by molar-refractivity contribution is 0.129. The molecule has 0 aliphatic heterocycles. The van der Waals surface area contributed by atoms with Crippen molar-refractivity contribution in [1.82, 2.24) is 0 Å². The van der Waals surface area contributed by atoms with Gasteiger partial charge in [0.05, 0.1) is 0 Å². The first-order valence-corrected chi connectivity index (χ1v) is 5.71. The predicted octanol–water partition coefficient (Wildman–Crippen LogP) is 3.06. The zero-order valence-corrected chi connectivity index (χ0v) is 9.18. The molecule has 16 heavy (non-hydrogen) atoms. The normalized spacial score (nSPS) is 18.9. The van der Waals surface area contributed by atoms with Gasteiger partial charge in [0.2, 0.25) is 0 Å². The van der Waals surface area contributed by atoms with Gasteiger partial charge in [0.1, 0.15) is 0 Å². The van der Waals surface area contributed by atoms with Gasteiger partial charge in [-0.1, -0.05) is 25.0 Å². The van der Waals surface area contributed by atoms with Gasteiger partial charge in [0, 0.05) is 6.61 Å². The van der Waals surface area contributed by atoms with Crippen LogP contribution in [0, 0.1) is 17.0 Å². The van der Waals surface area contributed by atoms with Crippen LogP contribution < -0.4 is 0 Å². The highest BCUT2D eigenvalue weighted by molar-refractivity contribution is 5.20. The van der Waals surface area contributed by atoms with Crippen LogP contribution in [-0.2, 0) is 6.42 Å². The summed E-state index contributed by atoms with van der Waals surface area (Å²) >= 11 is 0. The quantitative estimate of drug-likeness (QED) is 0.839. The molecule has 1 nitrogen and oxygen atoms in total. The average molecular weight is 226 g/mol. The van der Waals surface area contributed by atoms with Crippen molar-refractivity contribution >= 4 is 0 Å². The van der Waals surface area contributed by atoms with Crippen molar-refractivity contribution in [3.8, 4) is 0 Å². The molecule has 1 aromatic rings. The average Bonchev–Trinajstić information content (AvgIpc) is 2.74. The highest BCUT2D eigenvalue weighted by Gasteiger charge is 2.34. The molecule has 0 bridgehead atoms. The van der Waals surface area contributed by atoms with Crippen molar-refractivity contribution in [3.63, 3.8) is 0 Å². The lowest BCUT2D eigenvalue weighted by Crippen LogP contribution is -2.25. The summed E-state index contributed by atoms with van der Waals surface area (Å²) in [6.07, 6.45) is 4.38. The van der Waals surface area contributed by atoms with Gasteiger partial charge in [0.15, 0.2) is 11.6 Å². The van der Waals surface area contributed by atoms with Crippen LogP contribution in [0.25, 0.3) is 0 Å². The van der Waals surface area contributed by atoms with E-state index in [9.17, 15) is 13.9 Å². The number of aliphatic hydroxyl groups excluding tert-OH is 1. The molecule has 1 aromatic carbocycles. The molecule has 1 N–H and O–H groups in total. The number of hydrogen-bond acceptors (Lipinski definition) is 1. The van der Waals surface area contributed by atoms with Gasteiger partial charge >= 0.3 is 0 Å². The van der Waals surface area contributed by atoms with E-state index in [0.29, 0.717) is 12.0 Å². The number of rotatable bonds is 3. The van der Waals surface area contributed by atoms with Crippen molar-refractivity contribution in [2.75, 3.05) is 6.61 Å². The van der Waals surface area contributed by atoms with Crippen molar-refractivity contribution in [3.05, 3.63) is 35.4 Å². The molecule has 3 heteroatoms. The first-order chi connectivity index (χ1) is 7.67. The maximum atomic E-state index is 13.5. The highest BCUT2D eigenvalue weighted by Crippen LogP contribution is 2.40. The van der Waals surface area contributed by atoms with E-state index in [0.717, 1.165) is 31.7 Å². The fraction of sp³-hybridized carbons (Fsp3) is 0.538. The molecular weight excluding hydrogens is 210 g/mol. The SMILES string of the molecule is OCC1(Cc2cccc(F)c2F)CCCC1. The molecule has 88 valence electrons. The van der Waals surface area contributed by atoms with Crippen molar-refractivity contribution in [2.45, 2.75) is 32.1 Å². The van der Waals surface area contributed by atoms with Gasteiger partial charge in [-0.2, -0.15) is 0 Å². The minimum atomic E-state index is -0.802. The van der Waals surface area contributed by atoms with E-state index in [2.05, 4.69) is 0 Å². The Morgan fingerprint density at radius 2 is 1.88 bits per heavy atom. The second-order valence-electron chi connectivity index (χ2n) is 4.75. The standard InChI is InChI=1S/C13H16F2O/c14-11-5-3-4-10(12(11)15)8-13(9-16)6-1-2-7-13/h3-5,16H,1-2,6-9H2. The van der Waals surface area contributed by atoms with E-state index >= 15 is 0 Å². The molecule has 0 unspecified atom stereocenters. The second-order valence-corrected chi connectivity index (χ2v) is 4.75. The van der Waals surface area contributed by atoms with Crippen LogP contribution in [0.15, 0.2) is 18.2 Å². The molecule has 0 saturated heterocycles. The molecule has 0 heterocycles. The Kier molecular flexibility index (Phi) is 3.24. The third-order valence-corrected chi connectivity index (χ3v) is 3.60. The summed E-state index contributed by atoms with van der Waals surface area (Å²) in [4.78, 5) is 0. The second kappa shape index (κ2) is 4.50. The van der Waals surface area contributed by atoms with E-state index in [1.165, 1.54) is 6.07 Å². The Morgan fingerprint density at radius 1 is 1.19 bits per heavy atom. The molecule has 1 saturated carbocycles. The van der Waals surface area contributed by atoms with Crippen molar-refractivity contribution in [2.24, 2.45) is 5.41 Å². The summed E-state index contributed by atoms with van der Waals surface area (Å²) in [5.41, 5.74) is 0.158. The molecule has 1 aliphatic rings. The van der Waals surface area contributed by atoms with Crippen LogP contribution in [0.4, 0.5) is 8.78 Å². The van der Waals surface area contributed by atoms with Crippen LogP contribution in [-0.4, -0.2) is 11.7 Å². The van der Waals surface area contributed by atoms with Crippen LogP contribution >= 0.6 is 0 Å². The Balaban J connectivity index is 2.22. The summed E-state index contributed by atoms with van der Waals surface area (Å²) in [5, 5.41) is 9.42. The fourth-order valence-corrected chi connectivity index (χ4v) is 2.60. The Hall–Kier alpha value is -0.960. The molecule has 2 rings (SSSR count). The lowest BCUT2D eigenvalue weighted by Gasteiger charge is -2.26. The predicted molar refractivity (Wildman–Crippen MR) is 58.0 cm³/mol. The van der Waals surface area contributed by atoms with Gasteiger partial charge in [-0.3, -0.25) is 0 Å². The smallest absolute Gasteiger partial charge is 0.162 e. The monoisotopic (exact) mass is 226 g/mol. The molecule has 0 spiro atoms. The molecular formula is C13H16F2O. The topological polar surface area (TPSA) is 20.2 Å². The summed E-state index contributed by atoms with van der Waals surface area (Å²) in [5.74, 6) is -1.56. The van der Waals surface area contributed by atoms with Crippen LogP contribution in [0.5, 0.6) is 0 Å². The largest absolute Gasteiger partial charge is 0.396 e. The van der Waals surface area contributed by atoms with E-state index < -0.39 is 11.6 Å². The third-order valence-electron chi connectivity index (χ3n) is 3.60. The molecule has 1 fully saturated rings. The summed E-state index contributed by atoms with van der Waals surface area (Å²) in [6.45, 7) is 0.0585. The lowest BCUT2D eigenvalue weighted by atomic mass is 9.81. The summed E-state index contributed by atoms with van der Waals surface area (Å²) < 4.78 is 26.5. The summed E-state index contributed by atoms with van der Waals surface area (Å²) in [7, 11) is 0. The zero-order chi connectivity index (χ0) is 11.6. The maximum Gasteiger partial charge on any atom is 0.162 e. The number of halogens is 2. The number of benzene rings is 1. The number of hydrogen-bond donors (Lipinski definition) is 1. The van der Waals surface area contributed by atoms with Gasteiger partial charge in [-0.25, -0.2) is 8.78 Å². The Labute approximate surface area is 94.1 Å². The van der Waals surface area contributed by atoms with E-state index in [1.54, 1.807) is 6.07 Å². The highest BCUT2D eigenvalue weighted by atomic mass is 19.2. The van der Waals surface area contributed by atoms with E-state index in [1.807, 2.05) is 0 Å². The Morgan fingerprint density at radius 3 is 2.50 bits per heavy atom. The minimum absolute atomic E-state index is 0.0585. The van der Waals surface area contributed by atoms with Crippen molar-refractivity contribution in [1.29, 1.82) is 0 Å². The molecule has 0 amide bonds. The molecule has 0 atom stereocenters. The third kappa shape index (κ3) is 2.09. The first-order valence-electron chi connectivity index (χ1n) is 5.71. The molecule has 0 radical (unpaired) electrons. The van der Waals surface area contributed by atoms with Gasteiger partial charge in [0.25, 0.3) is 0 Å². The Bertz CT molecular complexity index is 370. The van der Waals surface area contributed by atoms with Crippen molar-refractivity contribution < 1.29 is 13.9 Å².